The Morgan fingerprint density at radius 2 is 1.03 bits per heavy atom. The number of fused-ring (bicyclic) bond motifs is 2. The average molecular weight is 1700 g/mol. The van der Waals surface area contributed by atoms with Crippen molar-refractivity contribution in [2.45, 2.75) is 91.9 Å². The van der Waals surface area contributed by atoms with Crippen LogP contribution in [0.5, 0.6) is 0 Å². The minimum atomic E-state index is -1.41. The number of carboxylic acid groups (broad SMARTS) is 1. The van der Waals surface area contributed by atoms with E-state index in [0.29, 0.717) is 44.6 Å². The van der Waals surface area contributed by atoms with Crippen molar-refractivity contribution in [2.24, 2.45) is 0 Å². The predicted molar refractivity (Wildman–Crippen MR) is 398 cm³/mol. The Balaban J connectivity index is 0.000000251. The summed E-state index contributed by atoms with van der Waals surface area (Å²) in [5.74, 6) is -2.45. The zero-order valence-electron chi connectivity index (χ0n) is 49.8. The van der Waals surface area contributed by atoms with Gasteiger partial charge in [-0.15, -0.1) is 12.4 Å². The number of aryl methyl sites for hydroxylation is 4. The van der Waals surface area contributed by atoms with Crippen molar-refractivity contribution < 1.29 is 51.4 Å². The highest BCUT2D eigenvalue weighted by atomic mass is 79.9. The van der Waals surface area contributed by atoms with Crippen LogP contribution < -0.4 is 16.0 Å². The van der Waals surface area contributed by atoms with Crippen LogP contribution in [0, 0.1) is 39.3 Å². The summed E-state index contributed by atoms with van der Waals surface area (Å²) in [5.41, 5.74) is 5.65. The van der Waals surface area contributed by atoms with Gasteiger partial charge < -0.3 is 26.0 Å². The number of aliphatic carboxylic acids is 1. The van der Waals surface area contributed by atoms with Crippen LogP contribution in [-0.4, -0.2) is 132 Å². The first kappa shape index (κ1) is 80.5. The summed E-state index contributed by atoms with van der Waals surface area (Å²) in [5, 5.41) is 26.6. The molecule has 0 saturated carbocycles. The molecule has 8 aromatic rings. The normalized spacial score (nSPS) is 15.0. The lowest BCUT2D eigenvalue weighted by atomic mass is 10.0. The number of Topliss-reactive ketones (excluding diaryl/α,β-unsaturated/α-hetero) is 2. The first-order valence-electron chi connectivity index (χ1n) is 26.7. The predicted octanol–water partition coefficient (Wildman–Crippen LogP) is 8.60. The number of hydrogen-bond acceptors (Lipinski definition) is 19. The van der Waals surface area contributed by atoms with Gasteiger partial charge in [-0.05, 0) is 118 Å². The van der Waals surface area contributed by atoms with Gasteiger partial charge >= 0.3 is 5.97 Å². The molecule has 3 amide bonds. The van der Waals surface area contributed by atoms with Crippen molar-refractivity contribution in [1.29, 1.82) is 0 Å². The second-order valence-corrected chi connectivity index (χ2v) is 37.1. The van der Waals surface area contributed by atoms with Crippen LogP contribution in [0.1, 0.15) is 70.4 Å². The topological polar surface area (TPSA) is 275 Å². The highest BCUT2D eigenvalue weighted by Gasteiger charge is 2.40. The number of carbonyl (C=O) groups is 6. The fourth-order valence-corrected chi connectivity index (χ4v) is 23.2. The summed E-state index contributed by atoms with van der Waals surface area (Å²) in [4.78, 5) is 99.2. The number of aromatic nitrogens is 10. The molecule has 41 heteroatoms. The van der Waals surface area contributed by atoms with E-state index < -0.39 is 53.8 Å². The molecule has 2 saturated heterocycles. The standard InChI is InChI=1S/C27H24BrF2N7O3.C16H14N4O3.C11H12BrF2N3O.ClH.S7.S6/c1-13-6-20(30)25(28)33-26(13)34-27(40)22-8-18(29)11-36(22)23(39)12-37-21-5-4-16(17-9-31-15(3)32-10-17)7-19(21)24(35-37)14(2)38;1-9(21)16-13-5-11(12-6-17-10(2)18-7-12)3-4-14(13)20(19-16)8-15(22)23;1-5-2-7(14)9(12)16-10(5)17-11(18)8-3-6(13)4-15-8;;1-3-5-7-6-4-2;1-3-5-6-4-2/h4-7,9-10,18,22H,8,11-12H2,1-3H3,(H,33,34,40);3-7H,8H2,1-2H3,(H,22,23);2,6,8,15H,3-4H2,1H3,(H,16,17,18);1H;;/t18-,22+;;6-,8+;;;/m1.1.../s1. The second-order valence-electron chi connectivity index (χ2n) is 19.7. The van der Waals surface area contributed by atoms with Gasteiger partial charge in [0.05, 0.1) is 23.6 Å². The molecule has 4 N–H and O–H groups in total. The van der Waals surface area contributed by atoms with Crippen LogP contribution in [0.3, 0.4) is 0 Å². The van der Waals surface area contributed by atoms with Crippen LogP contribution in [0.4, 0.5) is 29.2 Å². The largest absolute Gasteiger partial charge is 0.480 e. The van der Waals surface area contributed by atoms with E-state index in [1.54, 1.807) is 97.3 Å². The number of alkyl halides is 2. The number of carbonyl (C=O) groups excluding carboxylic acids is 5. The van der Waals surface area contributed by atoms with Gasteiger partial charge in [0.15, 0.2) is 23.2 Å². The van der Waals surface area contributed by atoms with Crippen molar-refractivity contribution in [1.82, 2.24) is 59.7 Å². The fourth-order valence-electron chi connectivity index (χ4n) is 8.94. The number of anilines is 2. The van der Waals surface area contributed by atoms with Gasteiger partial charge in [-0.2, -0.15) is 10.2 Å². The van der Waals surface area contributed by atoms with E-state index in [1.807, 2.05) is 18.2 Å². The van der Waals surface area contributed by atoms with Crippen molar-refractivity contribution in [3.63, 3.8) is 0 Å². The maximum absolute atomic E-state index is 14.5. The lowest BCUT2D eigenvalue weighted by Gasteiger charge is -2.24. The van der Waals surface area contributed by atoms with E-state index in [0.717, 1.165) is 27.2 Å². The second kappa shape index (κ2) is 39.4. The smallest absolute Gasteiger partial charge is 0.325 e. The Hall–Kier alpha value is -5.15. The van der Waals surface area contributed by atoms with E-state index >= 15 is 0 Å². The van der Waals surface area contributed by atoms with Crippen LogP contribution >= 0.6 is 44.3 Å². The molecule has 95 heavy (non-hydrogen) atoms. The molecule has 2 aromatic carbocycles. The highest BCUT2D eigenvalue weighted by Crippen LogP contribution is 2.30. The molecular weight excluding hydrogens is 1640 g/mol. The average Bonchev–Trinajstić information content (AvgIpc) is 1.65. The summed E-state index contributed by atoms with van der Waals surface area (Å²) in [6.45, 7) is 8.88. The van der Waals surface area contributed by atoms with Gasteiger partial charge in [0, 0.05) is 205 Å². The number of benzene rings is 2. The number of amides is 3. The number of nitrogens with one attached hydrogen (secondary N) is 3. The minimum Gasteiger partial charge on any atom is -0.480 e. The van der Waals surface area contributed by atoms with Gasteiger partial charge in [-0.1, -0.05) is 12.1 Å². The molecule has 2 aliphatic rings. The molecule has 0 radical (unpaired) electrons. The summed E-state index contributed by atoms with van der Waals surface area (Å²) in [6, 6.07) is 11.5. The lowest BCUT2D eigenvalue weighted by Crippen LogP contribution is -2.44. The Labute approximate surface area is 608 Å². The number of halogens is 7. The Morgan fingerprint density at radius 1 is 0.611 bits per heavy atom. The molecule has 2 fully saturated rings. The number of carboxylic acids is 1. The number of hydrogen-bond donors (Lipinski definition) is 4. The Morgan fingerprint density at radius 3 is 1.43 bits per heavy atom. The number of rotatable bonds is 12. The third kappa shape index (κ3) is 23.5. The van der Waals surface area contributed by atoms with Crippen molar-refractivity contribution in [2.75, 3.05) is 23.7 Å². The van der Waals surface area contributed by atoms with E-state index in [9.17, 15) is 46.3 Å². The van der Waals surface area contributed by atoms with Crippen LogP contribution in [0.15, 0.2) is 82.5 Å². The maximum Gasteiger partial charge on any atom is 0.325 e. The molecule has 0 aliphatic carbocycles. The Bertz CT molecular complexity index is 4610. The molecule has 2 aliphatic heterocycles. The zero-order valence-corrected chi connectivity index (χ0v) is 64.4. The van der Waals surface area contributed by atoms with Crippen molar-refractivity contribution in [3.05, 3.63) is 128 Å². The molecule has 506 valence electrons. The molecule has 0 unspecified atom stereocenters. The third-order valence-electron chi connectivity index (χ3n) is 13.2. The molecule has 0 spiro atoms. The fraction of sp³-hybridized carbons (Fsp3) is 0.296. The van der Waals surface area contributed by atoms with Gasteiger partial charge in [0.1, 0.15) is 75.4 Å². The minimum absolute atomic E-state index is 0. The summed E-state index contributed by atoms with van der Waals surface area (Å²) < 4.78 is 57.0. The summed E-state index contributed by atoms with van der Waals surface area (Å²) >= 11 is 24.1. The quantitative estimate of drug-likeness (QED) is 0.0506. The Kier molecular flexibility index (Phi) is 33.4. The molecular formula is C54H51Br2ClF4N14O7S13. The first-order valence-corrected chi connectivity index (χ1v) is 42.9. The number of ketones is 2. The van der Waals surface area contributed by atoms with Crippen LogP contribution in [0.25, 0.3) is 44.1 Å². The zero-order chi connectivity index (χ0) is 68.9. The molecule has 8 heterocycles. The summed E-state index contributed by atoms with van der Waals surface area (Å²) in [6.07, 6.45) is 4.31. The molecule has 4 atom stereocenters. The van der Waals surface area contributed by atoms with E-state index in [-0.39, 0.29) is 101 Å². The van der Waals surface area contributed by atoms with Crippen LogP contribution in [0.2, 0.25) is 0 Å². The van der Waals surface area contributed by atoms with Gasteiger partial charge in [0.2, 0.25) is 17.7 Å². The van der Waals surface area contributed by atoms with Gasteiger partial charge in [-0.25, -0.2) is 47.5 Å². The SMILES string of the molecule is CC(=O)c1nn(CC(=O)N2C[C@H](F)C[C@H]2C(=O)Nc2nc(Br)c(F)cc2C)c2ccc(-c3cnc(C)nc3)cc12.CC(=O)c1nn(CC(=O)O)c2ccc(-c3cnc(C)nc3)cc12.Cc1cc(F)c(Br)nc1NC(=O)[C@@H]1C[C@@H](F)CN1.Cl.S=S=S=S=S=S.S=S=S=S=S=S=S. The monoisotopic (exact) mass is 1690 g/mol. The molecule has 21 nitrogen and oxygen atoms in total. The summed E-state index contributed by atoms with van der Waals surface area (Å²) in [7, 11) is 13.0. The highest BCUT2D eigenvalue weighted by molar-refractivity contribution is 9.10. The molecule has 0 bridgehead atoms. The van der Waals surface area contributed by atoms with Gasteiger partial charge in [-0.3, -0.25) is 38.1 Å². The maximum atomic E-state index is 14.5. The van der Waals surface area contributed by atoms with E-state index in [4.69, 9.17) is 5.11 Å². The third-order valence-corrected chi connectivity index (χ3v) is 29.8. The van der Waals surface area contributed by atoms with E-state index in [2.05, 4.69) is 133 Å². The van der Waals surface area contributed by atoms with Crippen LogP contribution in [-0.2, 0) is 157 Å². The van der Waals surface area contributed by atoms with Crippen molar-refractivity contribution in [3.8, 4) is 22.3 Å². The number of nitrogens with zero attached hydrogens (tertiary/aromatic N) is 11. The van der Waals surface area contributed by atoms with Gasteiger partial charge in [0.25, 0.3) is 0 Å². The lowest BCUT2D eigenvalue weighted by molar-refractivity contribution is -0.138. The van der Waals surface area contributed by atoms with Crippen molar-refractivity contribution >= 4 is 238 Å². The van der Waals surface area contributed by atoms with E-state index in [1.165, 1.54) is 88.6 Å². The molecule has 6 aromatic heterocycles. The number of pyridine rings is 2. The first-order chi connectivity index (χ1) is 44.8. The molecule has 10 rings (SSSR count). The number of likely N-dealkylation sites (tertiary alicyclic amines) is 1.